The van der Waals surface area contributed by atoms with Crippen LogP contribution in [-0.2, 0) is 9.53 Å². The fourth-order valence-electron chi connectivity index (χ4n) is 5.60. The van der Waals surface area contributed by atoms with Gasteiger partial charge in [0.25, 0.3) is 0 Å². The van der Waals surface area contributed by atoms with Crippen LogP contribution in [0.5, 0.6) is 28.7 Å². The molecule has 0 bridgehead atoms. The minimum atomic E-state index is -0.483. The van der Waals surface area contributed by atoms with Crippen LogP contribution < -0.4 is 30.0 Å². The van der Waals surface area contributed by atoms with E-state index >= 15 is 0 Å². The van der Waals surface area contributed by atoms with E-state index < -0.39 is 5.92 Å². The van der Waals surface area contributed by atoms with Crippen LogP contribution >= 0.6 is 12.4 Å². The van der Waals surface area contributed by atoms with E-state index in [1.165, 1.54) is 14.2 Å². The number of hydrogen-bond donors (Lipinski definition) is 3. The van der Waals surface area contributed by atoms with Crippen LogP contribution in [0, 0.1) is 11.8 Å². The van der Waals surface area contributed by atoms with Gasteiger partial charge in [-0.15, -0.1) is 12.4 Å². The van der Waals surface area contributed by atoms with Crippen molar-refractivity contribution >= 4 is 29.8 Å². The fourth-order valence-corrected chi connectivity index (χ4v) is 5.60. The number of rotatable bonds is 5. The molecule has 2 unspecified atom stereocenters. The summed E-state index contributed by atoms with van der Waals surface area (Å²) >= 11 is 0. The number of carbonyl (C=O) groups excluding carboxylic acids is 1. The summed E-state index contributed by atoms with van der Waals surface area (Å²) in [7, 11) is 2.95. The third kappa shape index (κ3) is 3.99. The number of carbonyl (C=O) groups is 1. The maximum Gasteiger partial charge on any atom is 0.310 e. The molecule has 3 aliphatic rings. The summed E-state index contributed by atoms with van der Waals surface area (Å²) in [6, 6.07) is 14.7. The Hall–Kier alpha value is -3.98. The number of aromatic hydroxyl groups is 1. The van der Waals surface area contributed by atoms with Crippen molar-refractivity contribution in [2.45, 2.75) is 12.0 Å². The molecule has 4 atom stereocenters. The second-order valence-electron chi connectivity index (χ2n) is 9.15. The Labute approximate surface area is 219 Å². The van der Waals surface area contributed by atoms with Gasteiger partial charge in [0.05, 0.1) is 32.8 Å². The Bertz CT molecular complexity index is 1320. The van der Waals surface area contributed by atoms with E-state index in [0.29, 0.717) is 17.2 Å². The highest BCUT2D eigenvalue weighted by atomic mass is 35.5. The molecule has 0 spiro atoms. The Morgan fingerprint density at radius 1 is 0.946 bits per heavy atom. The zero-order chi connectivity index (χ0) is 25.0. The normalized spacial score (nSPS) is 22.8. The first-order valence-corrected chi connectivity index (χ1v) is 11.7. The van der Waals surface area contributed by atoms with Crippen LogP contribution in [0.3, 0.4) is 0 Å². The SMILES string of the molecule is COc1cc(C2c3cc4c(cc3[C@@H](Nc3ccc(N)cc3)C3COC(=O)[C@H]23)OCO4)cc(OC)c1O.Cl. The van der Waals surface area contributed by atoms with E-state index in [0.717, 1.165) is 22.4 Å². The lowest BCUT2D eigenvalue weighted by Gasteiger charge is -2.40. The van der Waals surface area contributed by atoms with Crippen molar-refractivity contribution in [3.63, 3.8) is 0 Å². The second-order valence-corrected chi connectivity index (χ2v) is 9.15. The van der Waals surface area contributed by atoms with Crippen molar-refractivity contribution in [3.8, 4) is 28.7 Å². The average molecular weight is 527 g/mol. The standard InChI is InChI=1S/C27H26N2O7.ClH/c1-32-21-7-13(8-22(33-2)26(21)30)23-16-9-19-20(36-12-35-19)10-17(16)25(18-11-34-27(31)24(18)23)29-15-5-3-14(28)4-6-15;/h3-10,18,23-25,29-30H,11-12,28H2,1-2H3;1H/t18?,23?,24-,25+;/m0./s1. The molecule has 2 heterocycles. The van der Waals surface area contributed by atoms with Gasteiger partial charge in [0.2, 0.25) is 12.5 Å². The van der Waals surface area contributed by atoms with Crippen LogP contribution in [0.1, 0.15) is 28.7 Å². The summed E-state index contributed by atoms with van der Waals surface area (Å²) in [6.45, 7) is 0.404. The molecule has 3 aromatic carbocycles. The van der Waals surface area contributed by atoms with Crippen LogP contribution in [0.25, 0.3) is 0 Å². The molecule has 9 nitrogen and oxygen atoms in total. The number of anilines is 2. The molecule has 0 saturated carbocycles. The average Bonchev–Trinajstić information content (AvgIpc) is 3.51. The van der Waals surface area contributed by atoms with Gasteiger partial charge in [0.15, 0.2) is 23.0 Å². The maximum atomic E-state index is 13.2. The van der Waals surface area contributed by atoms with E-state index in [4.69, 9.17) is 29.4 Å². The number of ether oxygens (including phenoxy) is 5. The summed E-state index contributed by atoms with van der Waals surface area (Å²) in [5, 5.41) is 14.1. The van der Waals surface area contributed by atoms with Crippen molar-refractivity contribution < 1.29 is 33.6 Å². The van der Waals surface area contributed by atoms with Crippen molar-refractivity contribution in [2.75, 3.05) is 38.7 Å². The first-order chi connectivity index (χ1) is 17.5. The number of cyclic esters (lactones) is 1. The highest BCUT2D eigenvalue weighted by Crippen LogP contribution is 2.56. The van der Waals surface area contributed by atoms with Gasteiger partial charge in [-0.1, -0.05) is 0 Å². The predicted octanol–water partition coefficient (Wildman–Crippen LogP) is 4.23. The van der Waals surface area contributed by atoms with Crippen LogP contribution in [0.15, 0.2) is 48.5 Å². The lowest BCUT2D eigenvalue weighted by atomic mass is 9.65. The fraction of sp³-hybridized carbons (Fsp3) is 0.296. The molecule has 3 aromatic rings. The zero-order valence-electron chi connectivity index (χ0n) is 20.2. The van der Waals surface area contributed by atoms with E-state index in [-0.39, 0.29) is 66.9 Å². The summed E-state index contributed by atoms with van der Waals surface area (Å²) in [5.74, 6) is 0.383. The molecular weight excluding hydrogens is 500 g/mol. The van der Waals surface area contributed by atoms with Gasteiger partial charge in [-0.05, 0) is 65.2 Å². The molecule has 4 N–H and O–H groups in total. The summed E-state index contributed by atoms with van der Waals surface area (Å²) in [4.78, 5) is 13.2. The number of methoxy groups -OCH3 is 2. The Morgan fingerprint density at radius 3 is 2.19 bits per heavy atom. The van der Waals surface area contributed by atoms with E-state index in [2.05, 4.69) is 5.32 Å². The molecule has 37 heavy (non-hydrogen) atoms. The quantitative estimate of drug-likeness (QED) is 0.331. The van der Waals surface area contributed by atoms with E-state index in [1.54, 1.807) is 12.1 Å². The largest absolute Gasteiger partial charge is 0.502 e. The topological polar surface area (TPSA) is 122 Å². The zero-order valence-corrected chi connectivity index (χ0v) is 21.0. The first kappa shape index (κ1) is 24.7. The Kier molecular flexibility index (Phi) is 6.33. The number of halogens is 1. The van der Waals surface area contributed by atoms with E-state index in [1.807, 2.05) is 36.4 Å². The molecule has 0 amide bonds. The number of fused-ring (bicyclic) bond motifs is 3. The van der Waals surface area contributed by atoms with Crippen molar-refractivity contribution in [1.82, 2.24) is 0 Å². The minimum absolute atomic E-state index is 0. The predicted molar refractivity (Wildman–Crippen MR) is 138 cm³/mol. The Morgan fingerprint density at radius 2 is 1.57 bits per heavy atom. The van der Waals surface area contributed by atoms with Gasteiger partial charge in [0, 0.05) is 23.2 Å². The molecule has 1 saturated heterocycles. The van der Waals surface area contributed by atoms with Gasteiger partial charge >= 0.3 is 5.97 Å². The van der Waals surface area contributed by atoms with E-state index in [9.17, 15) is 9.90 Å². The molecule has 2 aliphatic heterocycles. The number of nitrogen functional groups attached to an aromatic ring is 1. The molecule has 10 heteroatoms. The number of esters is 1. The number of nitrogens with one attached hydrogen (secondary N) is 1. The summed E-state index contributed by atoms with van der Waals surface area (Å²) in [5.41, 5.74) is 10.1. The van der Waals surface area contributed by atoms with Crippen LogP contribution in [0.4, 0.5) is 11.4 Å². The van der Waals surface area contributed by atoms with Crippen molar-refractivity contribution in [2.24, 2.45) is 11.8 Å². The van der Waals surface area contributed by atoms with Crippen LogP contribution in [-0.4, -0.2) is 38.7 Å². The molecule has 194 valence electrons. The second kappa shape index (κ2) is 9.48. The van der Waals surface area contributed by atoms with Gasteiger partial charge < -0.3 is 39.8 Å². The van der Waals surface area contributed by atoms with Crippen molar-refractivity contribution in [3.05, 3.63) is 65.2 Å². The molecule has 6 rings (SSSR count). The number of hydrogen-bond acceptors (Lipinski definition) is 9. The third-order valence-corrected chi connectivity index (χ3v) is 7.28. The molecule has 1 fully saturated rings. The van der Waals surface area contributed by atoms with Gasteiger partial charge in [0.1, 0.15) is 0 Å². The van der Waals surface area contributed by atoms with Gasteiger partial charge in [-0.3, -0.25) is 4.79 Å². The number of benzene rings is 3. The van der Waals surface area contributed by atoms with Gasteiger partial charge in [-0.2, -0.15) is 0 Å². The molecular formula is C27H27ClN2O7. The summed E-state index contributed by atoms with van der Waals surface area (Å²) in [6.07, 6.45) is 0. The van der Waals surface area contributed by atoms with Gasteiger partial charge in [-0.25, -0.2) is 0 Å². The number of phenolic OH excluding ortho intramolecular Hbond substituents is 1. The highest BCUT2D eigenvalue weighted by Gasteiger charge is 2.52. The minimum Gasteiger partial charge on any atom is -0.502 e. The number of phenols is 1. The lowest BCUT2D eigenvalue weighted by molar-refractivity contribution is -0.141. The van der Waals surface area contributed by atoms with Crippen LogP contribution in [0.2, 0.25) is 0 Å². The summed E-state index contributed by atoms with van der Waals surface area (Å²) < 4.78 is 27.9. The first-order valence-electron chi connectivity index (χ1n) is 11.7. The molecule has 1 aliphatic carbocycles. The smallest absolute Gasteiger partial charge is 0.310 e. The Balaban J connectivity index is 0.00000280. The molecule has 0 aromatic heterocycles. The lowest BCUT2D eigenvalue weighted by Crippen LogP contribution is -2.37. The monoisotopic (exact) mass is 526 g/mol. The van der Waals surface area contributed by atoms with Crippen molar-refractivity contribution in [1.29, 1.82) is 0 Å². The number of nitrogens with two attached hydrogens (primary N) is 1. The molecule has 0 radical (unpaired) electrons. The highest BCUT2D eigenvalue weighted by molar-refractivity contribution is 5.85. The maximum absolute atomic E-state index is 13.2. The third-order valence-electron chi connectivity index (χ3n) is 7.28.